The van der Waals surface area contributed by atoms with Gasteiger partial charge in [-0.1, -0.05) is 0 Å². The van der Waals surface area contributed by atoms with Crippen LogP contribution in [0.15, 0.2) is 6.07 Å². The normalized spacial score (nSPS) is 16.5. The molecule has 1 aliphatic carbocycles. The minimum Gasteiger partial charge on any atom is -0.384 e. The predicted octanol–water partition coefficient (Wildman–Crippen LogP) is 0.612. The lowest BCUT2D eigenvalue weighted by Crippen LogP contribution is -2.24. The standard InChI is InChI=1S/C11H17N5O/c1-6(4-9(13)17)14-10-5-8(12)15-11(16-10)7-2-3-7/h5-7H,2-4H2,1H3,(H2,13,17)(H3,12,14,15,16). The fourth-order valence-corrected chi connectivity index (χ4v) is 1.69. The second-order valence-corrected chi connectivity index (χ2v) is 4.53. The molecule has 0 saturated heterocycles. The van der Waals surface area contributed by atoms with Crippen LogP contribution in [0.25, 0.3) is 0 Å². The third-order valence-electron chi connectivity index (χ3n) is 2.61. The summed E-state index contributed by atoms with van der Waals surface area (Å²) in [4.78, 5) is 19.4. The molecule has 1 aromatic heterocycles. The summed E-state index contributed by atoms with van der Waals surface area (Å²) in [6.07, 6.45) is 2.52. The smallest absolute Gasteiger partial charge is 0.219 e. The van der Waals surface area contributed by atoms with Crippen LogP contribution >= 0.6 is 0 Å². The number of amides is 1. The van der Waals surface area contributed by atoms with E-state index in [-0.39, 0.29) is 18.4 Å². The molecule has 0 aliphatic heterocycles. The van der Waals surface area contributed by atoms with Gasteiger partial charge in [-0.05, 0) is 19.8 Å². The van der Waals surface area contributed by atoms with E-state index in [1.165, 1.54) is 0 Å². The van der Waals surface area contributed by atoms with E-state index in [2.05, 4.69) is 15.3 Å². The molecule has 1 atom stereocenters. The van der Waals surface area contributed by atoms with Crippen molar-refractivity contribution < 1.29 is 4.79 Å². The summed E-state index contributed by atoms with van der Waals surface area (Å²) < 4.78 is 0. The van der Waals surface area contributed by atoms with Crippen LogP contribution in [0, 0.1) is 0 Å². The van der Waals surface area contributed by atoms with E-state index >= 15 is 0 Å². The van der Waals surface area contributed by atoms with Crippen LogP contribution in [-0.4, -0.2) is 21.9 Å². The Morgan fingerprint density at radius 1 is 1.59 bits per heavy atom. The third kappa shape index (κ3) is 3.30. The van der Waals surface area contributed by atoms with Gasteiger partial charge in [0.1, 0.15) is 17.5 Å². The van der Waals surface area contributed by atoms with E-state index in [0.717, 1.165) is 18.7 Å². The molecule has 0 spiro atoms. The highest BCUT2D eigenvalue weighted by Crippen LogP contribution is 2.38. The highest BCUT2D eigenvalue weighted by Gasteiger charge is 2.27. The molecule has 1 unspecified atom stereocenters. The summed E-state index contributed by atoms with van der Waals surface area (Å²) >= 11 is 0. The minimum atomic E-state index is -0.338. The van der Waals surface area contributed by atoms with Gasteiger partial charge in [0.15, 0.2) is 0 Å². The second kappa shape index (κ2) is 4.57. The van der Waals surface area contributed by atoms with Gasteiger partial charge in [-0.25, -0.2) is 9.97 Å². The molecule has 1 aliphatic rings. The van der Waals surface area contributed by atoms with Crippen molar-refractivity contribution in [1.82, 2.24) is 9.97 Å². The average molecular weight is 235 g/mol. The van der Waals surface area contributed by atoms with Gasteiger partial charge in [0.2, 0.25) is 5.91 Å². The second-order valence-electron chi connectivity index (χ2n) is 4.53. The highest BCUT2D eigenvalue weighted by atomic mass is 16.1. The molecule has 6 heteroatoms. The number of aromatic nitrogens is 2. The maximum atomic E-state index is 10.8. The molecule has 5 N–H and O–H groups in total. The summed E-state index contributed by atoms with van der Waals surface area (Å²) in [5.41, 5.74) is 10.8. The van der Waals surface area contributed by atoms with E-state index in [9.17, 15) is 4.79 Å². The van der Waals surface area contributed by atoms with Crippen LogP contribution in [-0.2, 0) is 4.79 Å². The van der Waals surface area contributed by atoms with Crippen LogP contribution in [0.1, 0.15) is 37.9 Å². The van der Waals surface area contributed by atoms with Gasteiger partial charge in [0.05, 0.1) is 0 Å². The maximum absolute atomic E-state index is 10.8. The van der Waals surface area contributed by atoms with Crippen molar-refractivity contribution in [3.05, 3.63) is 11.9 Å². The van der Waals surface area contributed by atoms with Gasteiger partial charge in [0.25, 0.3) is 0 Å². The van der Waals surface area contributed by atoms with Crippen LogP contribution in [0.4, 0.5) is 11.6 Å². The fraction of sp³-hybridized carbons (Fsp3) is 0.545. The summed E-state index contributed by atoms with van der Waals surface area (Å²) in [6, 6.07) is 1.61. The molecular weight excluding hydrogens is 218 g/mol. The summed E-state index contributed by atoms with van der Waals surface area (Å²) in [6.45, 7) is 1.87. The quantitative estimate of drug-likeness (QED) is 0.693. The fourth-order valence-electron chi connectivity index (χ4n) is 1.69. The molecule has 1 amide bonds. The van der Waals surface area contributed by atoms with Gasteiger partial charge >= 0.3 is 0 Å². The molecule has 92 valence electrons. The Labute approximate surface area is 99.8 Å². The maximum Gasteiger partial charge on any atom is 0.219 e. The average Bonchev–Trinajstić information content (AvgIpc) is 2.97. The van der Waals surface area contributed by atoms with Crippen molar-refractivity contribution in [2.75, 3.05) is 11.1 Å². The first kappa shape index (κ1) is 11.6. The number of nitrogens with two attached hydrogens (primary N) is 2. The summed E-state index contributed by atoms with van der Waals surface area (Å²) in [7, 11) is 0. The Morgan fingerprint density at radius 2 is 2.29 bits per heavy atom. The Balaban J connectivity index is 2.06. The lowest BCUT2D eigenvalue weighted by molar-refractivity contribution is -0.118. The Kier molecular flexibility index (Phi) is 3.12. The van der Waals surface area contributed by atoms with Gasteiger partial charge < -0.3 is 16.8 Å². The predicted molar refractivity (Wildman–Crippen MR) is 65.3 cm³/mol. The van der Waals surface area contributed by atoms with E-state index < -0.39 is 0 Å². The van der Waals surface area contributed by atoms with Gasteiger partial charge in [-0.3, -0.25) is 4.79 Å². The number of anilines is 2. The third-order valence-corrected chi connectivity index (χ3v) is 2.61. The van der Waals surface area contributed by atoms with Crippen molar-refractivity contribution in [1.29, 1.82) is 0 Å². The summed E-state index contributed by atoms with van der Waals surface area (Å²) in [5, 5.41) is 3.11. The first-order chi connectivity index (χ1) is 8.04. The van der Waals surface area contributed by atoms with E-state index in [0.29, 0.717) is 17.6 Å². The number of nitrogens with one attached hydrogen (secondary N) is 1. The lowest BCUT2D eigenvalue weighted by Gasteiger charge is -2.13. The topological polar surface area (TPSA) is 107 Å². The first-order valence-electron chi connectivity index (χ1n) is 5.74. The number of carbonyl (C=O) groups excluding carboxylic acids is 1. The van der Waals surface area contributed by atoms with E-state index in [1.54, 1.807) is 6.07 Å². The van der Waals surface area contributed by atoms with Crippen molar-refractivity contribution in [2.24, 2.45) is 5.73 Å². The monoisotopic (exact) mass is 235 g/mol. The van der Waals surface area contributed by atoms with E-state index in [1.807, 2.05) is 6.92 Å². The number of primary amides is 1. The molecular formula is C11H17N5O. The largest absolute Gasteiger partial charge is 0.384 e. The molecule has 0 radical (unpaired) electrons. The molecule has 2 rings (SSSR count). The van der Waals surface area contributed by atoms with E-state index in [4.69, 9.17) is 11.5 Å². The zero-order valence-electron chi connectivity index (χ0n) is 9.81. The Bertz CT molecular complexity index is 430. The number of hydrogen-bond donors (Lipinski definition) is 3. The Morgan fingerprint density at radius 3 is 2.88 bits per heavy atom. The summed E-state index contributed by atoms with van der Waals surface area (Å²) in [5.74, 6) is 2.02. The minimum absolute atomic E-state index is 0.0612. The molecule has 1 aromatic rings. The molecule has 1 saturated carbocycles. The lowest BCUT2D eigenvalue weighted by atomic mass is 10.2. The molecule has 0 bridgehead atoms. The van der Waals surface area contributed by atoms with Crippen LogP contribution in [0.5, 0.6) is 0 Å². The highest BCUT2D eigenvalue weighted by molar-refractivity contribution is 5.74. The van der Waals surface area contributed by atoms with Crippen molar-refractivity contribution >= 4 is 17.5 Å². The zero-order chi connectivity index (χ0) is 12.4. The zero-order valence-corrected chi connectivity index (χ0v) is 9.81. The molecule has 1 fully saturated rings. The van der Waals surface area contributed by atoms with Crippen molar-refractivity contribution in [3.8, 4) is 0 Å². The number of nitrogens with zero attached hydrogens (tertiary/aromatic N) is 2. The number of rotatable bonds is 5. The molecule has 6 nitrogen and oxygen atoms in total. The number of carbonyl (C=O) groups is 1. The van der Waals surface area contributed by atoms with Crippen LogP contribution in [0.3, 0.4) is 0 Å². The first-order valence-corrected chi connectivity index (χ1v) is 5.74. The Hall–Kier alpha value is -1.85. The molecule has 1 heterocycles. The van der Waals surface area contributed by atoms with Gasteiger partial charge in [-0.15, -0.1) is 0 Å². The van der Waals surface area contributed by atoms with Gasteiger partial charge in [0, 0.05) is 24.4 Å². The molecule has 0 aromatic carbocycles. The number of nitrogen functional groups attached to an aromatic ring is 1. The SMILES string of the molecule is CC(CC(N)=O)Nc1cc(N)nc(C2CC2)n1. The van der Waals surface area contributed by atoms with Crippen LogP contribution < -0.4 is 16.8 Å². The molecule has 17 heavy (non-hydrogen) atoms. The van der Waals surface area contributed by atoms with Gasteiger partial charge in [-0.2, -0.15) is 0 Å². The van der Waals surface area contributed by atoms with Crippen molar-refractivity contribution in [3.63, 3.8) is 0 Å². The number of hydrogen-bond acceptors (Lipinski definition) is 5. The van der Waals surface area contributed by atoms with Crippen molar-refractivity contribution in [2.45, 2.75) is 38.1 Å². The van der Waals surface area contributed by atoms with Crippen LogP contribution in [0.2, 0.25) is 0 Å².